The lowest BCUT2D eigenvalue weighted by Crippen LogP contribution is -1.80. The van der Waals surface area contributed by atoms with Crippen LogP contribution >= 0.6 is 22.9 Å². The normalized spacial score (nSPS) is 11.4. The summed E-state index contributed by atoms with van der Waals surface area (Å²) in [4.78, 5) is 8.06. The smallest absolute Gasteiger partial charge is 0.150 e. The predicted molar refractivity (Wildman–Crippen MR) is 64.6 cm³/mol. The molecule has 2 nitrogen and oxygen atoms in total. The van der Waals surface area contributed by atoms with E-state index < -0.39 is 0 Å². The zero-order valence-corrected chi connectivity index (χ0v) is 9.86. The minimum absolute atomic E-state index is 0.228. The second-order valence-electron chi connectivity index (χ2n) is 3.57. The van der Waals surface area contributed by atoms with Gasteiger partial charge in [-0.1, -0.05) is 11.6 Å². The monoisotopic (exact) mass is 252 g/mol. The molecule has 80 valence electrons. The Hall–Kier alpha value is -1.26. The maximum atomic E-state index is 13.7. The minimum atomic E-state index is -0.228. The molecule has 2 aromatic heterocycles. The number of aryl methyl sites for hydroxylation is 1. The summed E-state index contributed by atoms with van der Waals surface area (Å²) in [7, 11) is 0. The van der Waals surface area contributed by atoms with Crippen molar-refractivity contribution < 1.29 is 4.39 Å². The van der Waals surface area contributed by atoms with Gasteiger partial charge >= 0.3 is 0 Å². The molecule has 1 aromatic carbocycles. The van der Waals surface area contributed by atoms with E-state index in [1.807, 2.05) is 13.0 Å². The van der Waals surface area contributed by atoms with E-state index in [4.69, 9.17) is 11.6 Å². The van der Waals surface area contributed by atoms with E-state index in [2.05, 4.69) is 9.97 Å². The van der Waals surface area contributed by atoms with Crippen LogP contribution in [-0.2, 0) is 0 Å². The summed E-state index contributed by atoms with van der Waals surface area (Å²) < 4.78 is 15.1. The molecule has 2 heterocycles. The second kappa shape index (κ2) is 3.37. The van der Waals surface area contributed by atoms with Crippen LogP contribution in [0.2, 0.25) is 5.15 Å². The van der Waals surface area contributed by atoms with Gasteiger partial charge in [-0.15, -0.1) is 11.3 Å². The van der Waals surface area contributed by atoms with E-state index in [1.165, 1.54) is 23.7 Å². The van der Waals surface area contributed by atoms with Crippen molar-refractivity contribution >= 4 is 43.2 Å². The van der Waals surface area contributed by atoms with Gasteiger partial charge < -0.3 is 0 Å². The molecule has 3 aromatic rings. The third kappa shape index (κ3) is 1.30. The van der Waals surface area contributed by atoms with Gasteiger partial charge in [0.1, 0.15) is 17.3 Å². The molecule has 3 rings (SSSR count). The molecule has 0 aliphatic heterocycles. The van der Waals surface area contributed by atoms with E-state index in [9.17, 15) is 4.39 Å². The van der Waals surface area contributed by atoms with Gasteiger partial charge in [-0.25, -0.2) is 14.4 Å². The van der Waals surface area contributed by atoms with Crippen molar-refractivity contribution in [3.63, 3.8) is 0 Å². The molecular weight excluding hydrogens is 247 g/mol. The molecule has 0 N–H and O–H groups in total. The third-order valence-corrected chi connectivity index (χ3v) is 4.02. The zero-order chi connectivity index (χ0) is 11.3. The van der Waals surface area contributed by atoms with Crippen LogP contribution < -0.4 is 0 Å². The third-order valence-electron chi connectivity index (χ3n) is 2.41. The molecular formula is C11H6ClFN2S. The van der Waals surface area contributed by atoms with Crippen molar-refractivity contribution in [2.75, 3.05) is 0 Å². The van der Waals surface area contributed by atoms with E-state index >= 15 is 0 Å². The first-order valence-electron chi connectivity index (χ1n) is 4.65. The zero-order valence-electron chi connectivity index (χ0n) is 8.29. The molecule has 0 amide bonds. The Balaban J connectivity index is 2.61. The Kier molecular flexibility index (Phi) is 2.09. The number of hydrogen-bond donors (Lipinski definition) is 0. The molecule has 0 aliphatic carbocycles. The highest BCUT2D eigenvalue weighted by Gasteiger charge is 2.13. The van der Waals surface area contributed by atoms with Crippen molar-refractivity contribution in [2.45, 2.75) is 6.92 Å². The van der Waals surface area contributed by atoms with Crippen LogP contribution in [0.3, 0.4) is 0 Å². The molecule has 0 spiro atoms. The molecule has 16 heavy (non-hydrogen) atoms. The first kappa shape index (κ1) is 9.93. The molecule has 0 saturated carbocycles. The first-order chi connectivity index (χ1) is 7.66. The SMILES string of the molecule is Cc1cc(F)c2sc3c(Cl)ncnc3c2c1. The van der Waals surface area contributed by atoms with Gasteiger partial charge in [0.25, 0.3) is 0 Å². The Bertz CT molecular complexity index is 708. The fourth-order valence-corrected chi connectivity index (χ4v) is 3.02. The topological polar surface area (TPSA) is 25.8 Å². The Morgan fingerprint density at radius 1 is 1.25 bits per heavy atom. The van der Waals surface area contributed by atoms with Crippen LogP contribution in [0.15, 0.2) is 18.5 Å². The number of nitrogens with zero attached hydrogens (tertiary/aromatic N) is 2. The molecule has 0 fully saturated rings. The first-order valence-corrected chi connectivity index (χ1v) is 5.85. The summed E-state index contributed by atoms with van der Waals surface area (Å²) in [6, 6.07) is 3.43. The molecule has 0 unspecified atom stereocenters. The minimum Gasteiger partial charge on any atom is -0.235 e. The number of thiophene rings is 1. The lowest BCUT2D eigenvalue weighted by atomic mass is 10.1. The second-order valence-corrected chi connectivity index (χ2v) is 4.95. The molecule has 0 bridgehead atoms. The van der Waals surface area contributed by atoms with Crippen molar-refractivity contribution in [2.24, 2.45) is 0 Å². The molecule has 0 radical (unpaired) electrons. The van der Waals surface area contributed by atoms with Gasteiger partial charge in [0, 0.05) is 5.39 Å². The number of fused-ring (bicyclic) bond motifs is 3. The van der Waals surface area contributed by atoms with Gasteiger partial charge in [0.15, 0.2) is 0 Å². The maximum absolute atomic E-state index is 13.7. The Labute approximate surface area is 99.7 Å². The van der Waals surface area contributed by atoms with Gasteiger partial charge in [-0.3, -0.25) is 0 Å². The number of halogens is 2. The summed E-state index contributed by atoms with van der Waals surface area (Å²) >= 11 is 7.25. The highest BCUT2D eigenvalue weighted by atomic mass is 35.5. The average Bonchev–Trinajstić information content (AvgIpc) is 2.59. The lowest BCUT2D eigenvalue weighted by Gasteiger charge is -1.95. The molecule has 0 aliphatic rings. The van der Waals surface area contributed by atoms with Gasteiger partial charge in [-0.2, -0.15) is 0 Å². The van der Waals surface area contributed by atoms with Crippen LogP contribution in [0.25, 0.3) is 20.3 Å². The van der Waals surface area contributed by atoms with Crippen molar-refractivity contribution in [1.29, 1.82) is 0 Å². The Morgan fingerprint density at radius 3 is 2.88 bits per heavy atom. The molecule has 5 heteroatoms. The van der Waals surface area contributed by atoms with Crippen LogP contribution in [0, 0.1) is 12.7 Å². The van der Waals surface area contributed by atoms with Gasteiger partial charge in [-0.05, 0) is 24.6 Å². The summed E-state index contributed by atoms with van der Waals surface area (Å²) in [5.41, 5.74) is 1.60. The van der Waals surface area contributed by atoms with Gasteiger partial charge in [0.2, 0.25) is 0 Å². The van der Waals surface area contributed by atoms with Crippen LogP contribution in [0.1, 0.15) is 5.56 Å². The van der Waals surface area contributed by atoms with Crippen molar-refractivity contribution in [1.82, 2.24) is 9.97 Å². The van der Waals surface area contributed by atoms with Gasteiger partial charge in [0.05, 0.1) is 14.9 Å². The summed E-state index contributed by atoms with van der Waals surface area (Å²) in [5, 5.41) is 1.19. The summed E-state index contributed by atoms with van der Waals surface area (Å²) in [5.74, 6) is -0.228. The fraction of sp³-hybridized carbons (Fsp3) is 0.0909. The predicted octanol–water partition coefficient (Wildman–Crippen LogP) is 3.95. The maximum Gasteiger partial charge on any atom is 0.150 e. The van der Waals surface area contributed by atoms with Crippen molar-refractivity contribution in [3.05, 3.63) is 35.0 Å². The largest absolute Gasteiger partial charge is 0.235 e. The standard InChI is InChI=1S/C11H6ClFN2S/c1-5-2-6-8-10(11(12)15-4-14-8)16-9(6)7(13)3-5/h2-4H,1H3. The molecule has 0 saturated heterocycles. The summed E-state index contributed by atoms with van der Waals surface area (Å²) in [6.07, 6.45) is 1.40. The Morgan fingerprint density at radius 2 is 2.06 bits per heavy atom. The van der Waals surface area contributed by atoms with E-state index in [0.717, 1.165) is 21.2 Å². The quantitative estimate of drug-likeness (QED) is 0.566. The highest BCUT2D eigenvalue weighted by Crippen LogP contribution is 2.37. The van der Waals surface area contributed by atoms with E-state index in [1.54, 1.807) is 0 Å². The lowest BCUT2D eigenvalue weighted by molar-refractivity contribution is 0.640. The van der Waals surface area contributed by atoms with Crippen LogP contribution in [-0.4, -0.2) is 9.97 Å². The number of aromatic nitrogens is 2. The number of hydrogen-bond acceptors (Lipinski definition) is 3. The fourth-order valence-electron chi connectivity index (χ4n) is 1.75. The number of benzene rings is 1. The van der Waals surface area contributed by atoms with E-state index in [0.29, 0.717) is 9.85 Å². The van der Waals surface area contributed by atoms with Crippen molar-refractivity contribution in [3.8, 4) is 0 Å². The van der Waals surface area contributed by atoms with E-state index in [-0.39, 0.29) is 5.82 Å². The summed E-state index contributed by atoms with van der Waals surface area (Å²) in [6.45, 7) is 1.86. The van der Waals surface area contributed by atoms with Crippen LogP contribution in [0.4, 0.5) is 4.39 Å². The average molecular weight is 253 g/mol. The highest BCUT2D eigenvalue weighted by molar-refractivity contribution is 7.26. The number of rotatable bonds is 0. The molecule has 0 atom stereocenters. The van der Waals surface area contributed by atoms with Crippen LogP contribution in [0.5, 0.6) is 0 Å².